The van der Waals surface area contributed by atoms with Crippen molar-refractivity contribution in [2.24, 2.45) is 0 Å². The van der Waals surface area contributed by atoms with Crippen molar-refractivity contribution in [3.63, 3.8) is 0 Å². The maximum Gasteiger partial charge on any atom is 0.287 e. The van der Waals surface area contributed by atoms with Gasteiger partial charge in [0.1, 0.15) is 5.52 Å². The first-order chi connectivity index (χ1) is 9.20. The van der Waals surface area contributed by atoms with Crippen LogP contribution in [0.1, 0.15) is 29.6 Å². The Balaban J connectivity index is 1.94. The molecule has 2 N–H and O–H groups in total. The first-order valence-corrected chi connectivity index (χ1v) is 6.57. The van der Waals surface area contributed by atoms with E-state index < -0.39 is 0 Å². The van der Waals surface area contributed by atoms with Gasteiger partial charge in [-0.3, -0.25) is 4.79 Å². The average molecular weight is 261 g/mol. The van der Waals surface area contributed by atoms with E-state index in [2.05, 4.69) is 22.5 Å². The first kappa shape index (κ1) is 13.5. The molecule has 0 atom stereocenters. The van der Waals surface area contributed by atoms with Gasteiger partial charge in [0.15, 0.2) is 11.3 Å². The van der Waals surface area contributed by atoms with Crippen LogP contribution >= 0.6 is 0 Å². The Morgan fingerprint density at radius 2 is 2.16 bits per heavy atom. The molecular weight excluding hydrogens is 242 g/mol. The smallest absolute Gasteiger partial charge is 0.287 e. The van der Waals surface area contributed by atoms with Crippen LogP contribution in [0.25, 0.3) is 11.1 Å². The predicted molar refractivity (Wildman–Crippen MR) is 74.2 cm³/mol. The molecule has 0 aromatic carbocycles. The lowest BCUT2D eigenvalue weighted by molar-refractivity contribution is 0.0928. The van der Waals surface area contributed by atoms with Gasteiger partial charge in [-0.05, 0) is 32.0 Å². The fraction of sp³-hybridized carbons (Fsp3) is 0.429. The monoisotopic (exact) mass is 261 g/mol. The van der Waals surface area contributed by atoms with Crippen molar-refractivity contribution in [1.82, 2.24) is 15.6 Å². The van der Waals surface area contributed by atoms with Gasteiger partial charge in [0.25, 0.3) is 5.91 Å². The highest BCUT2D eigenvalue weighted by Gasteiger charge is 2.12. The number of carbonyl (C=O) groups is 1. The van der Waals surface area contributed by atoms with Crippen molar-refractivity contribution in [3.8, 4) is 0 Å². The van der Waals surface area contributed by atoms with E-state index >= 15 is 0 Å². The fourth-order valence-corrected chi connectivity index (χ4v) is 1.79. The van der Waals surface area contributed by atoms with Crippen molar-refractivity contribution < 1.29 is 9.21 Å². The fourth-order valence-electron chi connectivity index (χ4n) is 1.79. The van der Waals surface area contributed by atoms with Crippen LogP contribution in [0.2, 0.25) is 0 Å². The minimum Gasteiger partial charge on any atom is -0.449 e. The molecule has 0 bridgehead atoms. The van der Waals surface area contributed by atoms with E-state index in [1.165, 1.54) is 0 Å². The highest BCUT2D eigenvalue weighted by atomic mass is 16.3. The molecule has 5 heteroatoms. The van der Waals surface area contributed by atoms with E-state index in [-0.39, 0.29) is 5.91 Å². The lowest BCUT2D eigenvalue weighted by Gasteiger charge is -2.03. The molecule has 0 unspecified atom stereocenters. The van der Waals surface area contributed by atoms with Crippen LogP contribution in [0.15, 0.2) is 22.6 Å². The molecule has 0 aliphatic heterocycles. The molecule has 2 aromatic heterocycles. The number of furan rings is 1. The third-order valence-corrected chi connectivity index (χ3v) is 2.75. The molecule has 1 amide bonds. The van der Waals surface area contributed by atoms with E-state index in [1.54, 1.807) is 6.07 Å². The molecule has 0 spiro atoms. The SMILES string of the molecule is CCCNCCNC(=O)c1cc2nc(C)ccc2o1. The van der Waals surface area contributed by atoms with Gasteiger partial charge in [-0.15, -0.1) is 0 Å². The molecule has 19 heavy (non-hydrogen) atoms. The van der Waals surface area contributed by atoms with Crippen molar-refractivity contribution in [1.29, 1.82) is 0 Å². The van der Waals surface area contributed by atoms with Gasteiger partial charge in [-0.2, -0.15) is 0 Å². The number of carbonyl (C=O) groups excluding carboxylic acids is 1. The maximum atomic E-state index is 11.9. The largest absolute Gasteiger partial charge is 0.449 e. The van der Waals surface area contributed by atoms with Crippen LogP contribution < -0.4 is 10.6 Å². The van der Waals surface area contributed by atoms with Gasteiger partial charge in [-0.1, -0.05) is 6.92 Å². The molecule has 0 aliphatic rings. The molecule has 5 nitrogen and oxygen atoms in total. The summed E-state index contributed by atoms with van der Waals surface area (Å²) in [5.74, 6) is 0.109. The van der Waals surface area contributed by atoms with Crippen molar-refractivity contribution >= 4 is 17.0 Å². The number of nitrogens with one attached hydrogen (secondary N) is 2. The maximum absolute atomic E-state index is 11.9. The zero-order chi connectivity index (χ0) is 13.7. The molecule has 0 saturated carbocycles. The number of hydrogen-bond donors (Lipinski definition) is 2. The van der Waals surface area contributed by atoms with Crippen LogP contribution in [0.3, 0.4) is 0 Å². The normalized spacial score (nSPS) is 10.8. The van der Waals surface area contributed by atoms with E-state index in [1.807, 2.05) is 19.1 Å². The van der Waals surface area contributed by atoms with Crippen molar-refractivity contribution in [2.75, 3.05) is 19.6 Å². The zero-order valence-corrected chi connectivity index (χ0v) is 11.3. The number of aryl methyl sites for hydroxylation is 1. The summed E-state index contributed by atoms with van der Waals surface area (Å²) in [5, 5.41) is 6.03. The van der Waals surface area contributed by atoms with Crippen LogP contribution in [0.4, 0.5) is 0 Å². The summed E-state index contributed by atoms with van der Waals surface area (Å²) < 4.78 is 5.47. The third kappa shape index (κ3) is 3.54. The number of aromatic nitrogens is 1. The number of nitrogens with zero attached hydrogens (tertiary/aromatic N) is 1. The third-order valence-electron chi connectivity index (χ3n) is 2.75. The van der Waals surface area contributed by atoms with Crippen LogP contribution in [-0.2, 0) is 0 Å². The zero-order valence-electron chi connectivity index (χ0n) is 11.3. The molecule has 0 radical (unpaired) electrons. The molecule has 2 aromatic rings. The molecule has 0 aliphatic carbocycles. The van der Waals surface area contributed by atoms with E-state index in [9.17, 15) is 4.79 Å². The number of hydrogen-bond acceptors (Lipinski definition) is 4. The van der Waals surface area contributed by atoms with Gasteiger partial charge < -0.3 is 15.1 Å². The number of pyridine rings is 1. The number of rotatable bonds is 6. The summed E-state index contributed by atoms with van der Waals surface area (Å²) in [6.45, 7) is 6.32. The summed E-state index contributed by atoms with van der Waals surface area (Å²) in [7, 11) is 0. The van der Waals surface area contributed by atoms with Gasteiger partial charge in [-0.25, -0.2) is 4.98 Å². The highest BCUT2D eigenvalue weighted by molar-refractivity contribution is 5.95. The number of amides is 1. The Morgan fingerprint density at radius 1 is 1.32 bits per heavy atom. The van der Waals surface area contributed by atoms with E-state index in [0.717, 1.165) is 25.2 Å². The highest BCUT2D eigenvalue weighted by Crippen LogP contribution is 2.17. The van der Waals surface area contributed by atoms with E-state index in [4.69, 9.17) is 4.42 Å². The quantitative estimate of drug-likeness (QED) is 0.779. The lowest BCUT2D eigenvalue weighted by atomic mass is 10.3. The van der Waals surface area contributed by atoms with Gasteiger partial charge in [0, 0.05) is 24.8 Å². The van der Waals surface area contributed by atoms with Crippen molar-refractivity contribution in [2.45, 2.75) is 20.3 Å². The Bertz CT molecular complexity index is 563. The second kappa shape index (κ2) is 6.33. The van der Waals surface area contributed by atoms with Gasteiger partial charge >= 0.3 is 0 Å². The van der Waals surface area contributed by atoms with Crippen LogP contribution in [0.5, 0.6) is 0 Å². The molecule has 2 rings (SSSR count). The average Bonchev–Trinajstić information content (AvgIpc) is 2.81. The summed E-state index contributed by atoms with van der Waals surface area (Å²) in [4.78, 5) is 16.2. The van der Waals surface area contributed by atoms with Crippen LogP contribution in [0, 0.1) is 6.92 Å². The molecular formula is C14H19N3O2. The molecule has 0 fully saturated rings. The lowest BCUT2D eigenvalue weighted by Crippen LogP contribution is -2.31. The van der Waals surface area contributed by atoms with E-state index in [0.29, 0.717) is 23.4 Å². The summed E-state index contributed by atoms with van der Waals surface area (Å²) >= 11 is 0. The predicted octanol–water partition coefficient (Wildman–Crippen LogP) is 1.87. The Labute approximate surface area is 112 Å². The topological polar surface area (TPSA) is 67.2 Å². The minimum atomic E-state index is -0.200. The second-order valence-electron chi connectivity index (χ2n) is 4.45. The number of fused-ring (bicyclic) bond motifs is 1. The van der Waals surface area contributed by atoms with Crippen LogP contribution in [-0.4, -0.2) is 30.5 Å². The van der Waals surface area contributed by atoms with Crippen molar-refractivity contribution in [3.05, 3.63) is 29.7 Å². The Morgan fingerprint density at radius 3 is 2.95 bits per heavy atom. The Kier molecular flexibility index (Phi) is 4.52. The standard InChI is InChI=1S/C14H19N3O2/c1-3-6-15-7-8-16-14(18)13-9-11-12(19-13)5-4-10(2)17-11/h4-5,9,15H,3,6-8H2,1-2H3,(H,16,18). The molecule has 2 heterocycles. The van der Waals surface area contributed by atoms with Gasteiger partial charge in [0.05, 0.1) is 0 Å². The summed E-state index contributed by atoms with van der Waals surface area (Å²) in [6.07, 6.45) is 1.09. The second-order valence-corrected chi connectivity index (χ2v) is 4.45. The molecule has 0 saturated heterocycles. The molecule has 102 valence electrons. The Hall–Kier alpha value is -1.88. The minimum absolute atomic E-state index is 0.200. The van der Waals surface area contributed by atoms with Gasteiger partial charge in [0.2, 0.25) is 0 Å². The first-order valence-electron chi connectivity index (χ1n) is 6.57. The summed E-state index contributed by atoms with van der Waals surface area (Å²) in [5.41, 5.74) is 2.26. The summed E-state index contributed by atoms with van der Waals surface area (Å²) in [6, 6.07) is 5.37.